The minimum Gasteiger partial charge on any atom is -0.491 e. The molecule has 5 nitrogen and oxygen atoms in total. The van der Waals surface area contributed by atoms with E-state index < -0.39 is 11.4 Å². The molecule has 1 saturated heterocycles. The van der Waals surface area contributed by atoms with Crippen LogP contribution in [-0.4, -0.2) is 43.1 Å². The van der Waals surface area contributed by atoms with E-state index in [4.69, 9.17) is 10.5 Å². The molecule has 6 heteroatoms. The van der Waals surface area contributed by atoms with Gasteiger partial charge in [0.15, 0.2) is 11.6 Å². The number of hydrogen-bond acceptors (Lipinski definition) is 4. The second kappa shape index (κ2) is 5.42. The Labute approximate surface area is 124 Å². The van der Waals surface area contributed by atoms with E-state index in [0.717, 1.165) is 0 Å². The summed E-state index contributed by atoms with van der Waals surface area (Å²) in [5.41, 5.74) is 6.16. The van der Waals surface area contributed by atoms with Crippen molar-refractivity contribution in [2.75, 3.05) is 37.4 Å². The second-order valence-electron chi connectivity index (χ2n) is 5.71. The SMILES string of the molecule is CCOc1cc(N2CCN(C)C(=O)C2(C)C)c(N)cc1F. The van der Waals surface area contributed by atoms with Crippen LogP contribution in [0.4, 0.5) is 15.8 Å². The average Bonchev–Trinajstić information content (AvgIpc) is 2.41. The largest absolute Gasteiger partial charge is 0.491 e. The van der Waals surface area contributed by atoms with Crippen LogP contribution in [0.3, 0.4) is 0 Å². The molecule has 1 aromatic rings. The lowest BCUT2D eigenvalue weighted by molar-refractivity contribution is -0.136. The standard InChI is InChI=1S/C15H22FN3O2/c1-5-21-13-9-12(11(17)8-10(13)16)19-7-6-18(4)14(20)15(19,2)3/h8-9H,5-7,17H2,1-4H3. The number of rotatable bonds is 3. The second-order valence-corrected chi connectivity index (χ2v) is 5.71. The minimum absolute atomic E-state index is 0.00966. The fourth-order valence-electron chi connectivity index (χ4n) is 2.69. The molecule has 1 aliphatic heterocycles. The third kappa shape index (κ3) is 2.62. The number of hydrogen-bond donors (Lipinski definition) is 1. The molecule has 1 aliphatic rings. The number of likely N-dealkylation sites (N-methyl/N-ethyl adjacent to an activating group) is 1. The van der Waals surface area contributed by atoms with Gasteiger partial charge in [0.2, 0.25) is 5.91 Å². The number of benzene rings is 1. The maximum absolute atomic E-state index is 13.8. The molecule has 0 aliphatic carbocycles. The van der Waals surface area contributed by atoms with E-state index in [-0.39, 0.29) is 11.7 Å². The van der Waals surface area contributed by atoms with Gasteiger partial charge in [0.05, 0.1) is 18.0 Å². The van der Waals surface area contributed by atoms with Gasteiger partial charge in [0.25, 0.3) is 0 Å². The van der Waals surface area contributed by atoms with Crippen molar-refractivity contribution in [3.63, 3.8) is 0 Å². The lowest BCUT2D eigenvalue weighted by atomic mass is 9.96. The summed E-state index contributed by atoms with van der Waals surface area (Å²) < 4.78 is 19.1. The molecule has 116 valence electrons. The Bertz CT molecular complexity index is 560. The van der Waals surface area contributed by atoms with E-state index in [2.05, 4.69) is 0 Å². The van der Waals surface area contributed by atoms with E-state index in [0.29, 0.717) is 31.1 Å². The highest BCUT2D eigenvalue weighted by Gasteiger charge is 2.41. The summed E-state index contributed by atoms with van der Waals surface area (Å²) in [4.78, 5) is 16.0. The Morgan fingerprint density at radius 2 is 2.05 bits per heavy atom. The molecule has 2 rings (SSSR count). The summed E-state index contributed by atoms with van der Waals surface area (Å²) in [6, 6.07) is 2.83. The van der Waals surface area contributed by atoms with Crippen LogP contribution < -0.4 is 15.4 Å². The fraction of sp³-hybridized carbons (Fsp3) is 0.533. The van der Waals surface area contributed by atoms with Gasteiger partial charge in [-0.25, -0.2) is 4.39 Å². The highest BCUT2D eigenvalue weighted by Crippen LogP contribution is 2.36. The molecular formula is C15H22FN3O2. The lowest BCUT2D eigenvalue weighted by Gasteiger charge is -2.46. The maximum atomic E-state index is 13.8. The molecule has 0 bridgehead atoms. The van der Waals surface area contributed by atoms with Crippen molar-refractivity contribution in [2.45, 2.75) is 26.3 Å². The highest BCUT2D eigenvalue weighted by molar-refractivity contribution is 5.91. The Morgan fingerprint density at radius 3 is 2.67 bits per heavy atom. The first kappa shape index (κ1) is 15.4. The Morgan fingerprint density at radius 1 is 1.38 bits per heavy atom. The van der Waals surface area contributed by atoms with Gasteiger partial charge in [-0.2, -0.15) is 0 Å². The molecule has 0 spiro atoms. The predicted molar refractivity (Wildman–Crippen MR) is 81.0 cm³/mol. The fourth-order valence-corrected chi connectivity index (χ4v) is 2.69. The van der Waals surface area contributed by atoms with Crippen molar-refractivity contribution < 1.29 is 13.9 Å². The third-order valence-corrected chi connectivity index (χ3v) is 3.88. The molecule has 1 amide bonds. The normalized spacial score (nSPS) is 18.0. The van der Waals surface area contributed by atoms with Gasteiger partial charge in [-0.1, -0.05) is 0 Å². The van der Waals surface area contributed by atoms with Gasteiger partial charge in [-0.05, 0) is 20.8 Å². The summed E-state index contributed by atoms with van der Waals surface area (Å²) in [7, 11) is 1.78. The van der Waals surface area contributed by atoms with Crippen LogP contribution in [0.1, 0.15) is 20.8 Å². The molecule has 0 unspecified atom stereocenters. The Balaban J connectivity index is 2.45. The first-order valence-corrected chi connectivity index (χ1v) is 7.04. The van der Waals surface area contributed by atoms with Gasteiger partial charge in [-0.15, -0.1) is 0 Å². The van der Waals surface area contributed by atoms with E-state index in [1.807, 2.05) is 18.7 Å². The zero-order chi connectivity index (χ0) is 15.8. The van der Waals surface area contributed by atoms with Gasteiger partial charge in [0, 0.05) is 32.3 Å². The van der Waals surface area contributed by atoms with Crippen LogP contribution in [0, 0.1) is 5.82 Å². The van der Waals surface area contributed by atoms with Crippen molar-refractivity contribution in [3.05, 3.63) is 17.9 Å². The van der Waals surface area contributed by atoms with Gasteiger partial charge in [-0.3, -0.25) is 4.79 Å². The molecule has 0 atom stereocenters. The topological polar surface area (TPSA) is 58.8 Å². The quantitative estimate of drug-likeness (QED) is 0.865. The van der Waals surface area contributed by atoms with Gasteiger partial charge in [0.1, 0.15) is 5.54 Å². The number of anilines is 2. The smallest absolute Gasteiger partial charge is 0.247 e. The Hall–Kier alpha value is -1.98. The molecule has 2 N–H and O–H groups in total. The molecular weight excluding hydrogens is 273 g/mol. The predicted octanol–water partition coefficient (Wildman–Crippen LogP) is 1.86. The monoisotopic (exact) mass is 295 g/mol. The number of nitrogens with zero attached hydrogens (tertiary/aromatic N) is 2. The lowest BCUT2D eigenvalue weighted by Crippen LogP contribution is -2.62. The van der Waals surface area contributed by atoms with Crippen LogP contribution in [0.2, 0.25) is 0 Å². The first-order chi connectivity index (χ1) is 9.78. The van der Waals surface area contributed by atoms with Crippen LogP contribution in [0.25, 0.3) is 0 Å². The van der Waals surface area contributed by atoms with E-state index in [1.165, 1.54) is 6.07 Å². The van der Waals surface area contributed by atoms with Crippen molar-refractivity contribution in [2.24, 2.45) is 0 Å². The average molecular weight is 295 g/mol. The number of halogens is 1. The third-order valence-electron chi connectivity index (χ3n) is 3.88. The molecule has 0 saturated carbocycles. The van der Waals surface area contributed by atoms with E-state index >= 15 is 0 Å². The van der Waals surface area contributed by atoms with Crippen LogP contribution in [-0.2, 0) is 4.79 Å². The van der Waals surface area contributed by atoms with E-state index in [9.17, 15) is 9.18 Å². The molecule has 1 fully saturated rings. The van der Waals surface area contributed by atoms with Crippen molar-refractivity contribution in [1.82, 2.24) is 4.90 Å². The highest BCUT2D eigenvalue weighted by atomic mass is 19.1. The molecule has 21 heavy (non-hydrogen) atoms. The number of nitrogens with two attached hydrogens (primary N) is 1. The van der Waals surface area contributed by atoms with Crippen molar-refractivity contribution >= 4 is 17.3 Å². The van der Waals surface area contributed by atoms with Gasteiger partial charge >= 0.3 is 0 Å². The summed E-state index contributed by atoms with van der Waals surface area (Å²) in [6.45, 7) is 7.08. The van der Waals surface area contributed by atoms with Crippen LogP contribution >= 0.6 is 0 Å². The number of carbonyl (C=O) groups is 1. The van der Waals surface area contributed by atoms with Crippen molar-refractivity contribution in [1.29, 1.82) is 0 Å². The summed E-state index contributed by atoms with van der Waals surface area (Å²) in [5, 5.41) is 0. The zero-order valence-corrected chi connectivity index (χ0v) is 12.9. The first-order valence-electron chi connectivity index (χ1n) is 7.04. The number of nitrogen functional groups attached to an aromatic ring is 1. The molecule has 0 radical (unpaired) electrons. The van der Waals surface area contributed by atoms with Crippen LogP contribution in [0.5, 0.6) is 5.75 Å². The number of amides is 1. The van der Waals surface area contributed by atoms with Crippen molar-refractivity contribution in [3.8, 4) is 5.75 Å². The minimum atomic E-state index is -0.734. The zero-order valence-electron chi connectivity index (χ0n) is 12.9. The summed E-state index contributed by atoms with van der Waals surface area (Å²) in [5.74, 6) is -0.323. The maximum Gasteiger partial charge on any atom is 0.247 e. The number of carbonyl (C=O) groups excluding carboxylic acids is 1. The number of piperazine rings is 1. The van der Waals surface area contributed by atoms with Crippen LogP contribution in [0.15, 0.2) is 12.1 Å². The molecule has 1 heterocycles. The summed E-state index contributed by atoms with van der Waals surface area (Å²) in [6.07, 6.45) is 0. The summed E-state index contributed by atoms with van der Waals surface area (Å²) >= 11 is 0. The molecule has 0 aromatic heterocycles. The Kier molecular flexibility index (Phi) is 3.98. The van der Waals surface area contributed by atoms with Gasteiger partial charge < -0.3 is 20.3 Å². The van der Waals surface area contributed by atoms with E-state index in [1.54, 1.807) is 24.9 Å². The number of ether oxygens (including phenoxy) is 1. The molecule has 1 aromatic carbocycles.